The van der Waals surface area contributed by atoms with Crippen LogP contribution in [0.5, 0.6) is 0 Å². The summed E-state index contributed by atoms with van der Waals surface area (Å²) >= 11 is 0. The van der Waals surface area contributed by atoms with Crippen molar-refractivity contribution < 1.29 is 9.59 Å². The van der Waals surface area contributed by atoms with Gasteiger partial charge in [-0.25, -0.2) is 0 Å². The van der Waals surface area contributed by atoms with E-state index < -0.39 is 0 Å². The van der Waals surface area contributed by atoms with Crippen LogP contribution in [0.15, 0.2) is 67.0 Å². The summed E-state index contributed by atoms with van der Waals surface area (Å²) in [5.41, 5.74) is 5.12. The monoisotopic (exact) mass is 385 g/mol. The molecule has 0 spiro atoms. The molecule has 1 aliphatic heterocycles. The van der Waals surface area contributed by atoms with Crippen LogP contribution in [0.25, 0.3) is 0 Å². The summed E-state index contributed by atoms with van der Waals surface area (Å²) in [6, 6.07) is 17.6. The SMILES string of the molecule is Cc1ccc(CNC(=O)c2cncc(C(=O)N3CCCc4ccccc43)c2)cc1. The van der Waals surface area contributed by atoms with Gasteiger partial charge in [0.1, 0.15) is 0 Å². The lowest BCUT2D eigenvalue weighted by Gasteiger charge is -2.29. The first kappa shape index (κ1) is 18.9. The lowest BCUT2D eigenvalue weighted by Crippen LogP contribution is -2.35. The smallest absolute Gasteiger partial charge is 0.259 e. The summed E-state index contributed by atoms with van der Waals surface area (Å²) < 4.78 is 0. The Morgan fingerprint density at radius 3 is 2.62 bits per heavy atom. The van der Waals surface area contributed by atoms with Gasteiger partial charge in [0.15, 0.2) is 0 Å². The third kappa shape index (κ3) is 4.19. The number of hydrogen-bond donors (Lipinski definition) is 1. The second-order valence-corrected chi connectivity index (χ2v) is 7.32. The number of rotatable bonds is 4. The maximum absolute atomic E-state index is 13.1. The summed E-state index contributed by atoms with van der Waals surface area (Å²) in [6.07, 6.45) is 4.91. The first-order valence-corrected chi connectivity index (χ1v) is 9.80. The van der Waals surface area contributed by atoms with Gasteiger partial charge in [-0.3, -0.25) is 14.6 Å². The highest BCUT2D eigenvalue weighted by Gasteiger charge is 2.24. The van der Waals surface area contributed by atoms with E-state index in [9.17, 15) is 9.59 Å². The van der Waals surface area contributed by atoms with E-state index in [0.717, 1.165) is 24.1 Å². The van der Waals surface area contributed by atoms with E-state index in [1.54, 1.807) is 11.0 Å². The zero-order valence-electron chi connectivity index (χ0n) is 16.4. The number of para-hydroxylation sites is 1. The molecule has 0 aliphatic carbocycles. The molecular weight excluding hydrogens is 362 g/mol. The van der Waals surface area contributed by atoms with Crippen molar-refractivity contribution in [1.29, 1.82) is 0 Å². The number of fused-ring (bicyclic) bond motifs is 1. The number of anilines is 1. The summed E-state index contributed by atoms with van der Waals surface area (Å²) in [7, 11) is 0. The average molecular weight is 385 g/mol. The molecule has 2 heterocycles. The third-order valence-corrected chi connectivity index (χ3v) is 5.18. The highest BCUT2D eigenvalue weighted by Crippen LogP contribution is 2.28. The summed E-state index contributed by atoms with van der Waals surface area (Å²) in [4.78, 5) is 31.6. The summed E-state index contributed by atoms with van der Waals surface area (Å²) in [5.74, 6) is -0.371. The van der Waals surface area contributed by atoms with Gasteiger partial charge in [0.2, 0.25) is 0 Å². The molecule has 5 nitrogen and oxygen atoms in total. The van der Waals surface area contributed by atoms with Crippen LogP contribution in [-0.4, -0.2) is 23.3 Å². The fourth-order valence-corrected chi connectivity index (χ4v) is 3.57. The van der Waals surface area contributed by atoms with E-state index in [0.29, 0.717) is 24.2 Å². The van der Waals surface area contributed by atoms with Gasteiger partial charge in [0, 0.05) is 31.2 Å². The molecule has 1 aliphatic rings. The normalized spacial score (nSPS) is 12.9. The minimum atomic E-state index is -0.244. The number of aryl methyl sites for hydroxylation is 2. The highest BCUT2D eigenvalue weighted by molar-refractivity contribution is 6.08. The van der Waals surface area contributed by atoms with Gasteiger partial charge in [0.25, 0.3) is 11.8 Å². The van der Waals surface area contributed by atoms with Crippen LogP contribution in [0.4, 0.5) is 5.69 Å². The van der Waals surface area contributed by atoms with Crippen LogP contribution in [0.3, 0.4) is 0 Å². The molecule has 0 unspecified atom stereocenters. The van der Waals surface area contributed by atoms with E-state index >= 15 is 0 Å². The van der Waals surface area contributed by atoms with Crippen LogP contribution in [0.2, 0.25) is 0 Å². The Bertz CT molecular complexity index is 1040. The molecule has 29 heavy (non-hydrogen) atoms. The van der Waals surface area contributed by atoms with Gasteiger partial charge < -0.3 is 10.2 Å². The van der Waals surface area contributed by atoms with Crippen molar-refractivity contribution in [2.24, 2.45) is 0 Å². The summed E-state index contributed by atoms with van der Waals surface area (Å²) in [5, 5.41) is 2.89. The first-order chi connectivity index (χ1) is 14.1. The standard InChI is InChI=1S/C24H23N3O2/c1-17-8-10-18(11-9-17)14-26-23(28)20-13-21(16-25-15-20)24(29)27-12-4-6-19-5-2-3-7-22(19)27/h2-3,5,7-11,13,15-16H,4,6,12,14H2,1H3,(H,26,28). The van der Waals surface area contributed by atoms with Crippen molar-refractivity contribution in [3.05, 3.63) is 94.8 Å². The van der Waals surface area contributed by atoms with Crippen LogP contribution >= 0.6 is 0 Å². The Labute approximate surface area is 170 Å². The molecule has 1 aromatic heterocycles. The van der Waals surface area contributed by atoms with Gasteiger partial charge in [-0.2, -0.15) is 0 Å². The molecule has 4 rings (SSSR count). The van der Waals surface area contributed by atoms with Crippen molar-refractivity contribution in [1.82, 2.24) is 10.3 Å². The Morgan fingerprint density at radius 1 is 1.03 bits per heavy atom. The predicted molar refractivity (Wildman–Crippen MR) is 113 cm³/mol. The van der Waals surface area contributed by atoms with Gasteiger partial charge in [0.05, 0.1) is 11.1 Å². The molecule has 2 amide bonds. The number of carbonyl (C=O) groups is 2. The number of benzene rings is 2. The minimum absolute atomic E-state index is 0.127. The average Bonchev–Trinajstić information content (AvgIpc) is 2.77. The molecule has 1 N–H and O–H groups in total. The molecule has 0 atom stereocenters. The Hall–Kier alpha value is -3.47. The zero-order valence-corrected chi connectivity index (χ0v) is 16.4. The number of pyridine rings is 1. The number of amides is 2. The van der Waals surface area contributed by atoms with E-state index in [1.807, 2.05) is 49.4 Å². The molecule has 0 bridgehead atoms. The van der Waals surface area contributed by atoms with Gasteiger partial charge in [-0.05, 0) is 43.0 Å². The molecule has 3 aromatic rings. The molecule has 0 fully saturated rings. The van der Waals surface area contributed by atoms with Crippen molar-refractivity contribution in [2.45, 2.75) is 26.3 Å². The lowest BCUT2D eigenvalue weighted by atomic mass is 10.0. The third-order valence-electron chi connectivity index (χ3n) is 5.18. The number of carbonyl (C=O) groups excluding carboxylic acids is 2. The maximum Gasteiger partial charge on any atom is 0.259 e. The molecule has 5 heteroatoms. The Kier molecular flexibility index (Phi) is 5.38. The van der Waals surface area contributed by atoms with Crippen molar-refractivity contribution in [2.75, 3.05) is 11.4 Å². The first-order valence-electron chi connectivity index (χ1n) is 9.80. The highest BCUT2D eigenvalue weighted by atomic mass is 16.2. The molecular formula is C24H23N3O2. The second-order valence-electron chi connectivity index (χ2n) is 7.32. The van der Waals surface area contributed by atoms with Crippen LogP contribution in [-0.2, 0) is 13.0 Å². The molecule has 0 saturated heterocycles. The number of nitrogens with zero attached hydrogens (tertiary/aromatic N) is 2. The van der Waals surface area contributed by atoms with E-state index in [1.165, 1.54) is 23.5 Å². The van der Waals surface area contributed by atoms with Gasteiger partial charge in [-0.1, -0.05) is 48.0 Å². The summed E-state index contributed by atoms with van der Waals surface area (Å²) in [6.45, 7) is 3.12. The van der Waals surface area contributed by atoms with E-state index in [-0.39, 0.29) is 11.8 Å². The Morgan fingerprint density at radius 2 is 1.79 bits per heavy atom. The second kappa shape index (κ2) is 8.27. The number of hydrogen-bond acceptors (Lipinski definition) is 3. The lowest BCUT2D eigenvalue weighted by molar-refractivity contribution is 0.0950. The fraction of sp³-hybridized carbons (Fsp3) is 0.208. The molecule has 146 valence electrons. The van der Waals surface area contributed by atoms with Crippen molar-refractivity contribution in [3.63, 3.8) is 0 Å². The zero-order chi connectivity index (χ0) is 20.2. The fourth-order valence-electron chi connectivity index (χ4n) is 3.57. The molecule has 0 saturated carbocycles. The van der Waals surface area contributed by atoms with Crippen molar-refractivity contribution in [3.8, 4) is 0 Å². The van der Waals surface area contributed by atoms with E-state index in [2.05, 4.69) is 16.4 Å². The van der Waals surface area contributed by atoms with Gasteiger partial charge >= 0.3 is 0 Å². The number of nitrogens with one attached hydrogen (secondary N) is 1. The Balaban J connectivity index is 1.49. The maximum atomic E-state index is 13.1. The number of aromatic nitrogens is 1. The molecule has 0 radical (unpaired) electrons. The van der Waals surface area contributed by atoms with Crippen LogP contribution in [0, 0.1) is 6.92 Å². The largest absolute Gasteiger partial charge is 0.348 e. The van der Waals surface area contributed by atoms with Crippen LogP contribution in [0.1, 0.15) is 43.8 Å². The minimum Gasteiger partial charge on any atom is -0.348 e. The quantitative estimate of drug-likeness (QED) is 0.741. The molecule has 2 aromatic carbocycles. The van der Waals surface area contributed by atoms with Gasteiger partial charge in [-0.15, -0.1) is 0 Å². The van der Waals surface area contributed by atoms with E-state index in [4.69, 9.17) is 0 Å². The predicted octanol–water partition coefficient (Wildman–Crippen LogP) is 3.91. The van der Waals surface area contributed by atoms with Crippen LogP contribution < -0.4 is 10.2 Å². The van der Waals surface area contributed by atoms with Crippen molar-refractivity contribution >= 4 is 17.5 Å². The topological polar surface area (TPSA) is 62.3 Å².